The molecule has 2 unspecified atom stereocenters. The Balaban J connectivity index is 2.38. The van der Waals surface area contributed by atoms with E-state index in [2.05, 4.69) is 18.2 Å². The molecule has 1 N–H and O–H groups in total. The van der Waals surface area contributed by atoms with Gasteiger partial charge in [-0.1, -0.05) is 19.8 Å². The van der Waals surface area contributed by atoms with Crippen LogP contribution in [0.1, 0.15) is 39.0 Å². The maximum absolute atomic E-state index is 5.34. The van der Waals surface area contributed by atoms with Gasteiger partial charge in [0.05, 0.1) is 0 Å². The van der Waals surface area contributed by atoms with Gasteiger partial charge >= 0.3 is 0 Å². The Hall–Kier alpha value is -0.480. The van der Waals surface area contributed by atoms with E-state index in [1.54, 1.807) is 0 Å². The van der Waals surface area contributed by atoms with Gasteiger partial charge < -0.3 is 5.32 Å². The molecule has 0 bridgehead atoms. The molecule has 0 aliphatic heterocycles. The number of hydrogen-bond acceptors (Lipinski definition) is 1. The van der Waals surface area contributed by atoms with Crippen LogP contribution in [-0.4, -0.2) is 12.6 Å². The molecule has 2 atom stereocenters. The first-order valence-electron chi connectivity index (χ1n) is 5.05. The topological polar surface area (TPSA) is 12.0 Å². The first-order valence-corrected chi connectivity index (χ1v) is 5.05. The van der Waals surface area contributed by atoms with Gasteiger partial charge in [0.15, 0.2) is 0 Å². The third-order valence-electron chi connectivity index (χ3n) is 2.76. The second-order valence-corrected chi connectivity index (χ2v) is 3.62. The SMILES string of the molecule is C#CCC1CCCCC1NCC. The summed E-state index contributed by atoms with van der Waals surface area (Å²) in [5.41, 5.74) is 0. The summed E-state index contributed by atoms with van der Waals surface area (Å²) < 4.78 is 0. The van der Waals surface area contributed by atoms with Gasteiger partial charge in [0, 0.05) is 12.5 Å². The second-order valence-electron chi connectivity index (χ2n) is 3.62. The van der Waals surface area contributed by atoms with Gasteiger partial charge in [-0.3, -0.25) is 0 Å². The van der Waals surface area contributed by atoms with E-state index >= 15 is 0 Å². The van der Waals surface area contributed by atoms with Gasteiger partial charge in [-0.25, -0.2) is 0 Å². The van der Waals surface area contributed by atoms with E-state index in [1.807, 2.05) is 0 Å². The van der Waals surface area contributed by atoms with Crippen LogP contribution in [-0.2, 0) is 0 Å². The van der Waals surface area contributed by atoms with Crippen molar-refractivity contribution in [3.8, 4) is 12.3 Å². The fourth-order valence-corrected chi connectivity index (χ4v) is 2.13. The van der Waals surface area contributed by atoms with Crippen molar-refractivity contribution in [2.24, 2.45) is 5.92 Å². The molecule has 0 aromatic carbocycles. The Morgan fingerprint density at radius 2 is 2.17 bits per heavy atom. The molecule has 0 spiro atoms. The Bertz CT molecular complexity index is 155. The summed E-state index contributed by atoms with van der Waals surface area (Å²) in [4.78, 5) is 0. The fraction of sp³-hybridized carbons (Fsp3) is 0.818. The summed E-state index contributed by atoms with van der Waals surface area (Å²) in [5.74, 6) is 3.53. The summed E-state index contributed by atoms with van der Waals surface area (Å²) in [6.45, 7) is 3.24. The third-order valence-corrected chi connectivity index (χ3v) is 2.76. The number of nitrogens with one attached hydrogen (secondary N) is 1. The van der Waals surface area contributed by atoms with Gasteiger partial charge in [0.25, 0.3) is 0 Å². The van der Waals surface area contributed by atoms with Crippen molar-refractivity contribution >= 4 is 0 Å². The zero-order chi connectivity index (χ0) is 8.81. The Labute approximate surface area is 75.9 Å². The van der Waals surface area contributed by atoms with Crippen LogP contribution in [0, 0.1) is 18.3 Å². The predicted molar refractivity (Wildman–Crippen MR) is 52.9 cm³/mol. The quantitative estimate of drug-likeness (QED) is 0.632. The molecule has 68 valence electrons. The molecule has 1 rings (SSSR count). The molecule has 1 heteroatoms. The van der Waals surface area contributed by atoms with Crippen LogP contribution in [0.25, 0.3) is 0 Å². The molecule has 1 saturated carbocycles. The van der Waals surface area contributed by atoms with Crippen LogP contribution in [0.2, 0.25) is 0 Å². The van der Waals surface area contributed by atoms with Crippen molar-refractivity contribution < 1.29 is 0 Å². The van der Waals surface area contributed by atoms with Crippen molar-refractivity contribution in [2.75, 3.05) is 6.54 Å². The highest BCUT2D eigenvalue weighted by molar-refractivity contribution is 4.92. The van der Waals surface area contributed by atoms with Gasteiger partial charge in [-0.05, 0) is 25.3 Å². The van der Waals surface area contributed by atoms with Crippen molar-refractivity contribution in [3.05, 3.63) is 0 Å². The first kappa shape index (κ1) is 9.61. The predicted octanol–water partition coefficient (Wildman–Crippen LogP) is 2.18. The van der Waals surface area contributed by atoms with Gasteiger partial charge in [-0.15, -0.1) is 12.3 Å². The highest BCUT2D eigenvalue weighted by Gasteiger charge is 2.22. The third kappa shape index (κ3) is 2.53. The van der Waals surface area contributed by atoms with E-state index < -0.39 is 0 Å². The zero-order valence-corrected chi connectivity index (χ0v) is 7.97. The van der Waals surface area contributed by atoms with Crippen LogP contribution in [0.4, 0.5) is 0 Å². The Kier molecular flexibility index (Phi) is 4.18. The van der Waals surface area contributed by atoms with Crippen molar-refractivity contribution in [1.29, 1.82) is 0 Å². The number of terminal acetylenes is 1. The lowest BCUT2D eigenvalue weighted by Crippen LogP contribution is -2.38. The molecule has 1 aliphatic rings. The molecular formula is C11H19N. The van der Waals surface area contributed by atoms with E-state index in [4.69, 9.17) is 6.42 Å². The van der Waals surface area contributed by atoms with Crippen LogP contribution >= 0.6 is 0 Å². The van der Waals surface area contributed by atoms with Crippen molar-refractivity contribution in [3.63, 3.8) is 0 Å². The summed E-state index contributed by atoms with van der Waals surface area (Å²) in [6.07, 6.45) is 11.7. The summed E-state index contributed by atoms with van der Waals surface area (Å²) >= 11 is 0. The largest absolute Gasteiger partial charge is 0.314 e. The van der Waals surface area contributed by atoms with E-state index in [1.165, 1.54) is 25.7 Å². The minimum absolute atomic E-state index is 0.694. The lowest BCUT2D eigenvalue weighted by Gasteiger charge is -2.30. The standard InChI is InChI=1S/C11H19N/c1-3-7-10-8-5-6-9-11(10)12-4-2/h1,10-12H,4-9H2,2H3. The summed E-state index contributed by atoms with van der Waals surface area (Å²) in [6, 6.07) is 0.694. The van der Waals surface area contributed by atoms with Crippen LogP contribution in [0.5, 0.6) is 0 Å². The molecule has 0 amide bonds. The second kappa shape index (κ2) is 5.22. The van der Waals surface area contributed by atoms with E-state index in [-0.39, 0.29) is 0 Å². The van der Waals surface area contributed by atoms with E-state index in [0.717, 1.165) is 18.9 Å². The molecule has 0 saturated heterocycles. The van der Waals surface area contributed by atoms with E-state index in [0.29, 0.717) is 6.04 Å². The van der Waals surface area contributed by atoms with Gasteiger partial charge in [0.1, 0.15) is 0 Å². The van der Waals surface area contributed by atoms with E-state index in [9.17, 15) is 0 Å². The molecule has 1 fully saturated rings. The molecule has 1 aliphatic carbocycles. The number of rotatable bonds is 3. The monoisotopic (exact) mass is 165 g/mol. The lowest BCUT2D eigenvalue weighted by atomic mass is 9.82. The molecule has 1 nitrogen and oxygen atoms in total. The fourth-order valence-electron chi connectivity index (χ4n) is 2.13. The van der Waals surface area contributed by atoms with Gasteiger partial charge in [-0.2, -0.15) is 0 Å². The maximum atomic E-state index is 5.34. The summed E-state index contributed by atoms with van der Waals surface area (Å²) in [7, 11) is 0. The molecular weight excluding hydrogens is 146 g/mol. The Morgan fingerprint density at radius 1 is 1.42 bits per heavy atom. The maximum Gasteiger partial charge on any atom is 0.0129 e. The van der Waals surface area contributed by atoms with Crippen LogP contribution in [0.3, 0.4) is 0 Å². The average molecular weight is 165 g/mol. The molecule has 0 aromatic heterocycles. The van der Waals surface area contributed by atoms with Crippen molar-refractivity contribution in [2.45, 2.75) is 45.1 Å². The molecule has 12 heavy (non-hydrogen) atoms. The highest BCUT2D eigenvalue weighted by atomic mass is 14.9. The normalized spacial score (nSPS) is 29.7. The Morgan fingerprint density at radius 3 is 2.83 bits per heavy atom. The molecule has 0 aromatic rings. The van der Waals surface area contributed by atoms with Crippen LogP contribution < -0.4 is 5.32 Å². The summed E-state index contributed by atoms with van der Waals surface area (Å²) in [5, 5.41) is 3.52. The average Bonchev–Trinajstić information content (AvgIpc) is 2.09. The number of hydrogen-bond donors (Lipinski definition) is 1. The lowest BCUT2D eigenvalue weighted by molar-refractivity contribution is 0.270. The molecule has 0 heterocycles. The first-order chi connectivity index (χ1) is 5.88. The zero-order valence-electron chi connectivity index (χ0n) is 7.97. The van der Waals surface area contributed by atoms with Crippen LogP contribution in [0.15, 0.2) is 0 Å². The highest BCUT2D eigenvalue weighted by Crippen LogP contribution is 2.26. The van der Waals surface area contributed by atoms with Gasteiger partial charge in [0.2, 0.25) is 0 Å². The van der Waals surface area contributed by atoms with Crippen molar-refractivity contribution in [1.82, 2.24) is 5.32 Å². The smallest absolute Gasteiger partial charge is 0.0129 e. The molecule has 0 radical (unpaired) electrons. The minimum Gasteiger partial charge on any atom is -0.314 e. The minimum atomic E-state index is 0.694.